The van der Waals surface area contributed by atoms with Gasteiger partial charge in [-0.05, 0) is 37.3 Å². The molecule has 1 heteroatoms. The minimum absolute atomic E-state index is 0.540. The molecule has 0 saturated carbocycles. The Bertz CT molecular complexity index is 292. The van der Waals surface area contributed by atoms with Crippen LogP contribution in [0.25, 0.3) is 0 Å². The zero-order valence-electron chi connectivity index (χ0n) is 12.3. The molecule has 102 valence electrons. The van der Waals surface area contributed by atoms with Gasteiger partial charge in [0.25, 0.3) is 0 Å². The van der Waals surface area contributed by atoms with Gasteiger partial charge >= 0.3 is 0 Å². The predicted octanol–water partition coefficient (Wildman–Crippen LogP) is 4.94. The SMILES string of the molecule is CCCCC(NCCCC(C)C)c1ccccc1. The van der Waals surface area contributed by atoms with Crippen LogP contribution in [0.15, 0.2) is 30.3 Å². The molecule has 0 spiro atoms. The average molecular weight is 247 g/mol. The van der Waals surface area contributed by atoms with Crippen LogP contribution in [0.4, 0.5) is 0 Å². The highest BCUT2D eigenvalue weighted by molar-refractivity contribution is 5.18. The highest BCUT2D eigenvalue weighted by Crippen LogP contribution is 2.19. The number of benzene rings is 1. The fraction of sp³-hybridized carbons (Fsp3) is 0.647. The van der Waals surface area contributed by atoms with E-state index in [1.165, 1.54) is 37.7 Å². The Morgan fingerprint density at radius 3 is 2.33 bits per heavy atom. The summed E-state index contributed by atoms with van der Waals surface area (Å²) < 4.78 is 0. The largest absolute Gasteiger partial charge is 0.310 e. The zero-order valence-corrected chi connectivity index (χ0v) is 12.3. The first-order valence-electron chi connectivity index (χ1n) is 7.52. The summed E-state index contributed by atoms with van der Waals surface area (Å²) in [4.78, 5) is 0. The highest BCUT2D eigenvalue weighted by atomic mass is 14.9. The Kier molecular flexibility index (Phi) is 7.75. The van der Waals surface area contributed by atoms with Gasteiger partial charge in [-0.3, -0.25) is 0 Å². The van der Waals surface area contributed by atoms with Crippen molar-refractivity contribution in [1.29, 1.82) is 0 Å². The number of rotatable bonds is 9. The highest BCUT2D eigenvalue weighted by Gasteiger charge is 2.09. The summed E-state index contributed by atoms with van der Waals surface area (Å²) in [5.74, 6) is 0.817. The maximum atomic E-state index is 3.73. The molecule has 0 heterocycles. The summed E-state index contributed by atoms with van der Waals surface area (Å²) in [7, 11) is 0. The third-order valence-corrected chi connectivity index (χ3v) is 3.40. The Balaban J connectivity index is 2.41. The normalized spacial score (nSPS) is 12.9. The van der Waals surface area contributed by atoms with Crippen LogP contribution in [-0.4, -0.2) is 6.54 Å². The van der Waals surface area contributed by atoms with E-state index in [9.17, 15) is 0 Å². The van der Waals surface area contributed by atoms with E-state index in [0.29, 0.717) is 6.04 Å². The fourth-order valence-electron chi connectivity index (χ4n) is 2.27. The maximum absolute atomic E-state index is 3.73. The monoisotopic (exact) mass is 247 g/mol. The first-order chi connectivity index (χ1) is 8.74. The zero-order chi connectivity index (χ0) is 13.2. The van der Waals surface area contributed by atoms with Gasteiger partial charge in [0.15, 0.2) is 0 Å². The minimum atomic E-state index is 0.540. The van der Waals surface area contributed by atoms with Crippen molar-refractivity contribution >= 4 is 0 Å². The first-order valence-corrected chi connectivity index (χ1v) is 7.52. The number of hydrogen-bond donors (Lipinski definition) is 1. The Labute approximate surface area is 113 Å². The van der Waals surface area contributed by atoms with Gasteiger partial charge in [0.2, 0.25) is 0 Å². The average Bonchev–Trinajstić information content (AvgIpc) is 2.38. The van der Waals surface area contributed by atoms with E-state index >= 15 is 0 Å². The molecule has 1 aromatic rings. The van der Waals surface area contributed by atoms with Crippen LogP contribution in [0.2, 0.25) is 0 Å². The van der Waals surface area contributed by atoms with Crippen molar-refractivity contribution in [2.45, 2.75) is 58.9 Å². The molecular weight excluding hydrogens is 218 g/mol. The molecule has 18 heavy (non-hydrogen) atoms. The lowest BCUT2D eigenvalue weighted by atomic mass is 10.0. The second kappa shape index (κ2) is 9.16. The van der Waals surface area contributed by atoms with E-state index < -0.39 is 0 Å². The van der Waals surface area contributed by atoms with Crippen LogP contribution >= 0.6 is 0 Å². The van der Waals surface area contributed by atoms with E-state index in [4.69, 9.17) is 0 Å². The molecule has 0 fully saturated rings. The van der Waals surface area contributed by atoms with Gasteiger partial charge in [0.1, 0.15) is 0 Å². The van der Waals surface area contributed by atoms with Crippen LogP contribution in [-0.2, 0) is 0 Å². The van der Waals surface area contributed by atoms with Crippen LogP contribution in [0.1, 0.15) is 64.5 Å². The van der Waals surface area contributed by atoms with Crippen molar-refractivity contribution < 1.29 is 0 Å². The quantitative estimate of drug-likeness (QED) is 0.609. The van der Waals surface area contributed by atoms with Crippen molar-refractivity contribution in [2.24, 2.45) is 5.92 Å². The van der Waals surface area contributed by atoms with E-state index in [1.807, 2.05) is 0 Å². The molecule has 0 radical (unpaired) electrons. The topological polar surface area (TPSA) is 12.0 Å². The van der Waals surface area contributed by atoms with Gasteiger partial charge < -0.3 is 5.32 Å². The van der Waals surface area contributed by atoms with E-state index in [1.54, 1.807) is 0 Å². The van der Waals surface area contributed by atoms with Gasteiger partial charge in [-0.1, -0.05) is 63.9 Å². The van der Waals surface area contributed by atoms with Gasteiger partial charge in [0.05, 0.1) is 0 Å². The van der Waals surface area contributed by atoms with Gasteiger partial charge in [-0.15, -0.1) is 0 Å². The lowest BCUT2D eigenvalue weighted by Crippen LogP contribution is -2.22. The Morgan fingerprint density at radius 1 is 1.00 bits per heavy atom. The van der Waals surface area contributed by atoms with Crippen LogP contribution in [0.3, 0.4) is 0 Å². The van der Waals surface area contributed by atoms with Crippen molar-refractivity contribution in [2.75, 3.05) is 6.54 Å². The van der Waals surface area contributed by atoms with E-state index in [-0.39, 0.29) is 0 Å². The van der Waals surface area contributed by atoms with Crippen molar-refractivity contribution in [3.8, 4) is 0 Å². The van der Waals surface area contributed by atoms with Gasteiger partial charge in [-0.2, -0.15) is 0 Å². The maximum Gasteiger partial charge on any atom is 0.0320 e. The molecule has 1 rings (SSSR count). The second-order valence-electron chi connectivity index (χ2n) is 5.60. The van der Waals surface area contributed by atoms with Crippen LogP contribution in [0, 0.1) is 5.92 Å². The molecule has 0 amide bonds. The standard InChI is InChI=1S/C17H29N/c1-4-5-13-17(16-11-7-6-8-12-16)18-14-9-10-15(2)3/h6-8,11-12,15,17-18H,4-5,9-10,13-14H2,1-3H3. The molecule has 0 saturated heterocycles. The molecule has 0 aromatic heterocycles. The number of unbranched alkanes of at least 4 members (excludes halogenated alkanes) is 1. The molecule has 1 unspecified atom stereocenters. The van der Waals surface area contributed by atoms with Crippen LogP contribution in [0.5, 0.6) is 0 Å². The second-order valence-corrected chi connectivity index (χ2v) is 5.60. The summed E-state index contributed by atoms with van der Waals surface area (Å²) in [5, 5.41) is 3.73. The lowest BCUT2D eigenvalue weighted by Gasteiger charge is -2.19. The molecule has 1 aromatic carbocycles. The van der Waals surface area contributed by atoms with Crippen molar-refractivity contribution in [3.05, 3.63) is 35.9 Å². The summed E-state index contributed by atoms with van der Waals surface area (Å²) in [5.41, 5.74) is 1.44. The molecule has 0 bridgehead atoms. The third-order valence-electron chi connectivity index (χ3n) is 3.40. The molecule has 1 N–H and O–H groups in total. The lowest BCUT2D eigenvalue weighted by molar-refractivity contribution is 0.453. The smallest absolute Gasteiger partial charge is 0.0320 e. The fourth-order valence-corrected chi connectivity index (χ4v) is 2.27. The van der Waals surface area contributed by atoms with Gasteiger partial charge in [0, 0.05) is 6.04 Å². The molecule has 0 aliphatic rings. The van der Waals surface area contributed by atoms with Gasteiger partial charge in [-0.25, -0.2) is 0 Å². The first kappa shape index (κ1) is 15.2. The molecular formula is C17H29N. The molecule has 1 nitrogen and oxygen atoms in total. The number of nitrogens with one attached hydrogen (secondary N) is 1. The van der Waals surface area contributed by atoms with Crippen molar-refractivity contribution in [3.63, 3.8) is 0 Å². The minimum Gasteiger partial charge on any atom is -0.310 e. The molecule has 1 atom stereocenters. The third kappa shape index (κ3) is 6.20. The van der Waals surface area contributed by atoms with E-state index in [2.05, 4.69) is 56.4 Å². The number of hydrogen-bond acceptors (Lipinski definition) is 1. The Morgan fingerprint density at radius 2 is 1.72 bits per heavy atom. The summed E-state index contributed by atoms with van der Waals surface area (Å²) in [6.45, 7) is 8.00. The molecule has 0 aliphatic carbocycles. The summed E-state index contributed by atoms with van der Waals surface area (Å²) in [6.07, 6.45) is 6.44. The Hall–Kier alpha value is -0.820. The summed E-state index contributed by atoms with van der Waals surface area (Å²) in [6, 6.07) is 11.4. The summed E-state index contributed by atoms with van der Waals surface area (Å²) >= 11 is 0. The van der Waals surface area contributed by atoms with Crippen LogP contribution < -0.4 is 5.32 Å². The van der Waals surface area contributed by atoms with E-state index in [0.717, 1.165) is 12.5 Å². The van der Waals surface area contributed by atoms with Crippen molar-refractivity contribution in [1.82, 2.24) is 5.32 Å². The predicted molar refractivity (Wildman–Crippen MR) is 80.8 cm³/mol. The molecule has 0 aliphatic heterocycles.